The monoisotopic (exact) mass is 628 g/mol. The summed E-state index contributed by atoms with van der Waals surface area (Å²) < 4.78 is 42.1. The number of nitrogens with one attached hydrogen (secondary N) is 2. The van der Waals surface area contributed by atoms with Crippen LogP contribution in [0.5, 0.6) is 0 Å². The van der Waals surface area contributed by atoms with Crippen LogP contribution in [0, 0.1) is 11.7 Å². The van der Waals surface area contributed by atoms with Crippen molar-refractivity contribution in [3.8, 4) is 11.1 Å². The fourth-order valence-corrected chi connectivity index (χ4v) is 6.77. The highest BCUT2D eigenvalue weighted by Crippen LogP contribution is 2.26. The number of sulfonamides is 1. The van der Waals surface area contributed by atoms with E-state index in [0.717, 1.165) is 0 Å². The number of nitrogens with zero attached hydrogens (tertiary/aromatic N) is 1. The Labute approximate surface area is 258 Å². The molecule has 2 unspecified atom stereocenters. The van der Waals surface area contributed by atoms with Crippen LogP contribution >= 0.6 is 0 Å². The minimum absolute atomic E-state index is 0.0107. The predicted octanol–water partition coefficient (Wildman–Crippen LogP) is 4.25. The van der Waals surface area contributed by atoms with Gasteiger partial charge in [0.1, 0.15) is 11.9 Å². The molecule has 2 atom stereocenters. The van der Waals surface area contributed by atoms with E-state index >= 15 is 0 Å². The normalized spacial score (nSPS) is 13.0. The first-order chi connectivity index (χ1) is 20.9. The number of nitrogens with two attached hydrogens (primary N) is 1. The molecule has 0 aliphatic heterocycles. The van der Waals surface area contributed by atoms with E-state index in [2.05, 4.69) is 10.6 Å². The predicted molar refractivity (Wildman–Crippen MR) is 168 cm³/mol. The number of anilines is 1. The van der Waals surface area contributed by atoms with Crippen LogP contribution in [0.25, 0.3) is 11.1 Å². The molecule has 0 spiro atoms. The molecule has 0 bridgehead atoms. The van der Waals surface area contributed by atoms with Gasteiger partial charge in [0.2, 0.25) is 15.9 Å². The first-order valence-electron chi connectivity index (χ1n) is 14.5. The highest BCUT2D eigenvalue weighted by Gasteiger charge is 2.31. The van der Waals surface area contributed by atoms with Gasteiger partial charge in [-0.2, -0.15) is 4.31 Å². The number of aliphatic hydroxyl groups is 1. The van der Waals surface area contributed by atoms with Gasteiger partial charge in [0.15, 0.2) is 0 Å². The Hall–Kier alpha value is -4.00. The Bertz CT molecular complexity index is 1500. The summed E-state index contributed by atoms with van der Waals surface area (Å²) in [6.07, 6.45) is 0.0120. The Morgan fingerprint density at radius 3 is 2.34 bits per heavy atom. The summed E-state index contributed by atoms with van der Waals surface area (Å²) in [6.45, 7) is 3.85. The van der Waals surface area contributed by atoms with E-state index in [1.807, 2.05) is 13.8 Å². The van der Waals surface area contributed by atoms with Gasteiger partial charge in [-0.25, -0.2) is 17.6 Å². The number of carbonyl (C=O) groups excluding carboxylic acids is 1. The van der Waals surface area contributed by atoms with Gasteiger partial charge in [0.05, 0.1) is 11.5 Å². The molecule has 0 aliphatic carbocycles. The van der Waals surface area contributed by atoms with Gasteiger partial charge in [-0.15, -0.1) is 0 Å². The smallest absolute Gasteiger partial charge is 0.405 e. The number of hydrogen-bond donors (Lipinski definition) is 5. The SMILES string of the molecule is CC(C)CN(C(CO)CCCCNC(=O)C(Cc1ccccc1-c1cccc(F)c1)NC(=O)O)S(=O)(=O)c1ccc(N)cc1. The average molecular weight is 629 g/mol. The quantitative estimate of drug-likeness (QED) is 0.117. The highest BCUT2D eigenvalue weighted by atomic mass is 32.2. The molecule has 3 rings (SSSR count). The summed E-state index contributed by atoms with van der Waals surface area (Å²) in [6, 6.07) is 17.3. The van der Waals surface area contributed by atoms with Crippen molar-refractivity contribution < 1.29 is 32.6 Å². The Morgan fingerprint density at radius 2 is 1.70 bits per heavy atom. The van der Waals surface area contributed by atoms with E-state index in [1.54, 1.807) is 36.4 Å². The van der Waals surface area contributed by atoms with Crippen molar-refractivity contribution in [2.75, 3.05) is 25.4 Å². The maximum Gasteiger partial charge on any atom is 0.405 e. The zero-order valence-corrected chi connectivity index (χ0v) is 25.8. The molecule has 0 fully saturated rings. The number of nitrogen functional groups attached to an aromatic ring is 1. The molecule has 6 N–H and O–H groups in total. The van der Waals surface area contributed by atoms with Crippen molar-refractivity contribution in [3.05, 3.63) is 84.2 Å². The number of unbranched alkanes of at least 4 members (excludes halogenated alkanes) is 1. The van der Waals surface area contributed by atoms with Gasteiger partial charge in [0.25, 0.3) is 0 Å². The molecule has 0 radical (unpaired) electrons. The Kier molecular flexibility index (Phi) is 12.7. The molecule has 0 saturated carbocycles. The number of hydrogen-bond acceptors (Lipinski definition) is 6. The summed E-state index contributed by atoms with van der Waals surface area (Å²) in [7, 11) is -3.90. The van der Waals surface area contributed by atoms with E-state index in [9.17, 15) is 32.6 Å². The molecule has 10 nitrogen and oxygen atoms in total. The van der Waals surface area contributed by atoms with Crippen molar-refractivity contribution in [1.82, 2.24) is 14.9 Å². The summed E-state index contributed by atoms with van der Waals surface area (Å²) in [5.74, 6) is -0.919. The van der Waals surface area contributed by atoms with E-state index in [1.165, 1.54) is 40.7 Å². The van der Waals surface area contributed by atoms with Crippen LogP contribution in [0.1, 0.15) is 38.7 Å². The van der Waals surface area contributed by atoms with Crippen molar-refractivity contribution in [2.45, 2.75) is 56.5 Å². The lowest BCUT2D eigenvalue weighted by Crippen LogP contribution is -2.48. The van der Waals surface area contributed by atoms with Gasteiger partial charge < -0.3 is 26.6 Å². The third-order valence-corrected chi connectivity index (χ3v) is 9.04. The van der Waals surface area contributed by atoms with Gasteiger partial charge >= 0.3 is 6.09 Å². The molecule has 3 aromatic carbocycles. The number of halogens is 1. The van der Waals surface area contributed by atoms with Crippen LogP contribution in [0.15, 0.2) is 77.7 Å². The van der Waals surface area contributed by atoms with E-state index in [4.69, 9.17) is 5.73 Å². The summed E-state index contributed by atoms with van der Waals surface area (Å²) >= 11 is 0. The first kappa shape index (κ1) is 34.5. The summed E-state index contributed by atoms with van der Waals surface area (Å²) in [4.78, 5) is 24.6. The topological polar surface area (TPSA) is 162 Å². The number of carboxylic acid groups (broad SMARTS) is 1. The lowest BCUT2D eigenvalue weighted by atomic mass is 9.94. The third-order valence-electron chi connectivity index (χ3n) is 7.10. The molecule has 0 heterocycles. The minimum Gasteiger partial charge on any atom is -0.465 e. The van der Waals surface area contributed by atoms with Crippen molar-refractivity contribution in [1.29, 1.82) is 0 Å². The van der Waals surface area contributed by atoms with Crippen molar-refractivity contribution in [2.24, 2.45) is 5.92 Å². The zero-order chi connectivity index (χ0) is 32.3. The number of carbonyl (C=O) groups is 2. The molecular formula is C32H41FN4O6S. The van der Waals surface area contributed by atoms with Gasteiger partial charge in [-0.05, 0) is 71.8 Å². The van der Waals surface area contributed by atoms with Crippen LogP contribution in [0.2, 0.25) is 0 Å². The molecule has 2 amide bonds. The molecule has 3 aromatic rings. The van der Waals surface area contributed by atoms with Crippen LogP contribution in [-0.2, 0) is 21.2 Å². The fourth-order valence-electron chi connectivity index (χ4n) is 4.96. The minimum atomic E-state index is -3.90. The molecule has 0 aliphatic rings. The Morgan fingerprint density at radius 1 is 1.00 bits per heavy atom. The Balaban J connectivity index is 1.63. The standard InChI is InChI=1S/C32H41FN4O6S/c1-22(2)20-37(44(42,43)28-15-13-26(34)14-16-28)27(21-38)11-5-6-17-35-31(39)30(36-32(40)41)19-24-8-3-4-12-29(24)23-9-7-10-25(33)18-23/h3-4,7-10,12-16,18,22,27,30,36,38H,5-6,11,17,19-21,34H2,1-2H3,(H,35,39)(H,40,41). The van der Waals surface area contributed by atoms with Crippen LogP contribution in [0.4, 0.5) is 14.9 Å². The second kappa shape index (κ2) is 16.2. The van der Waals surface area contributed by atoms with E-state index in [0.29, 0.717) is 41.6 Å². The molecular weight excluding hydrogens is 587 g/mol. The van der Waals surface area contributed by atoms with Crippen molar-refractivity contribution in [3.63, 3.8) is 0 Å². The largest absolute Gasteiger partial charge is 0.465 e. The molecule has 12 heteroatoms. The number of benzene rings is 3. The fraction of sp³-hybridized carbons (Fsp3) is 0.375. The zero-order valence-electron chi connectivity index (χ0n) is 24.9. The molecule has 0 saturated heterocycles. The third kappa shape index (κ3) is 9.76. The number of amides is 2. The van der Waals surface area contributed by atoms with E-state index < -0.39 is 39.9 Å². The van der Waals surface area contributed by atoms with E-state index in [-0.39, 0.29) is 36.9 Å². The maximum absolute atomic E-state index is 13.9. The summed E-state index contributed by atoms with van der Waals surface area (Å²) in [5.41, 5.74) is 8.13. The first-order valence-corrected chi connectivity index (χ1v) is 16.0. The van der Waals surface area contributed by atoms with Crippen LogP contribution in [0.3, 0.4) is 0 Å². The lowest BCUT2D eigenvalue weighted by Gasteiger charge is -2.31. The number of aliphatic hydroxyl groups excluding tert-OH is 1. The summed E-state index contributed by atoms with van der Waals surface area (Å²) in [5, 5.41) is 24.6. The highest BCUT2D eigenvalue weighted by molar-refractivity contribution is 7.89. The number of rotatable bonds is 16. The van der Waals surface area contributed by atoms with Gasteiger partial charge in [-0.1, -0.05) is 56.7 Å². The van der Waals surface area contributed by atoms with Gasteiger partial charge in [-0.3, -0.25) is 4.79 Å². The second-order valence-electron chi connectivity index (χ2n) is 11.0. The van der Waals surface area contributed by atoms with Crippen LogP contribution < -0.4 is 16.4 Å². The van der Waals surface area contributed by atoms with Gasteiger partial charge in [0, 0.05) is 31.2 Å². The second-order valence-corrected chi connectivity index (χ2v) is 12.9. The van der Waals surface area contributed by atoms with Crippen molar-refractivity contribution >= 4 is 27.7 Å². The molecule has 0 aromatic heterocycles. The molecule has 44 heavy (non-hydrogen) atoms. The van der Waals surface area contributed by atoms with Crippen LogP contribution in [-0.4, -0.2) is 66.7 Å². The average Bonchev–Trinajstić information content (AvgIpc) is 2.97. The maximum atomic E-state index is 13.9. The molecule has 238 valence electrons. The lowest BCUT2D eigenvalue weighted by molar-refractivity contribution is -0.123.